The summed E-state index contributed by atoms with van der Waals surface area (Å²) in [6.07, 6.45) is 0. The number of rotatable bonds is 5. The van der Waals surface area contributed by atoms with Crippen LogP contribution in [0.3, 0.4) is 0 Å². The van der Waals surface area contributed by atoms with E-state index in [1.54, 1.807) is 13.0 Å². The van der Waals surface area contributed by atoms with Gasteiger partial charge in [0.25, 0.3) is 5.69 Å². The third-order valence-electron chi connectivity index (χ3n) is 2.04. The number of nitriles is 1. The zero-order valence-corrected chi connectivity index (χ0v) is 11.0. The fourth-order valence-corrected chi connectivity index (χ4v) is 1.29. The van der Waals surface area contributed by atoms with Crippen molar-refractivity contribution in [3.63, 3.8) is 0 Å². The van der Waals surface area contributed by atoms with Gasteiger partial charge < -0.3 is 4.74 Å². The number of hydrazone groups is 1. The van der Waals surface area contributed by atoms with Crippen LogP contribution in [0, 0.1) is 21.4 Å². The number of hydrogen-bond donors (Lipinski definition) is 1. The molecule has 9 heteroatoms. The first-order valence-electron chi connectivity index (χ1n) is 5.34. The Morgan fingerprint density at radius 1 is 1.65 bits per heavy atom. The van der Waals surface area contributed by atoms with Crippen molar-refractivity contribution in [2.24, 2.45) is 5.10 Å². The number of nitrogens with one attached hydrogen (secondary N) is 1. The van der Waals surface area contributed by atoms with Crippen molar-refractivity contribution >= 4 is 34.1 Å². The Kier molecular flexibility index (Phi) is 5.43. The second-order valence-corrected chi connectivity index (χ2v) is 3.69. The van der Waals surface area contributed by atoms with E-state index in [4.69, 9.17) is 16.9 Å². The van der Waals surface area contributed by atoms with E-state index in [0.29, 0.717) is 0 Å². The standard InChI is InChI=1S/C11H9ClN4O4/c1-2-20-11(17)10(12)15-14-8-4-3-7(6-13)5-9(8)16(18)19/h3-5,14H,2H2,1H3/b15-10-. The lowest BCUT2D eigenvalue weighted by molar-refractivity contribution is -0.384. The highest BCUT2D eigenvalue weighted by atomic mass is 35.5. The van der Waals surface area contributed by atoms with Gasteiger partial charge in [0.05, 0.1) is 23.2 Å². The summed E-state index contributed by atoms with van der Waals surface area (Å²) in [4.78, 5) is 21.4. The van der Waals surface area contributed by atoms with Gasteiger partial charge in [0, 0.05) is 6.07 Å². The van der Waals surface area contributed by atoms with Crippen molar-refractivity contribution in [3.8, 4) is 6.07 Å². The Labute approximate surface area is 118 Å². The molecule has 1 rings (SSSR count). The molecule has 0 aliphatic carbocycles. The minimum absolute atomic E-state index is 0.00329. The molecule has 0 aliphatic rings. The van der Waals surface area contributed by atoms with Crippen molar-refractivity contribution in [2.45, 2.75) is 6.92 Å². The van der Waals surface area contributed by atoms with Gasteiger partial charge in [0.2, 0.25) is 5.17 Å². The van der Waals surface area contributed by atoms with Crippen LogP contribution in [0.2, 0.25) is 0 Å². The number of halogens is 1. The highest BCUT2D eigenvalue weighted by Crippen LogP contribution is 2.25. The van der Waals surface area contributed by atoms with Crippen LogP contribution in [0.5, 0.6) is 0 Å². The van der Waals surface area contributed by atoms with Gasteiger partial charge in [-0.1, -0.05) is 11.6 Å². The summed E-state index contributed by atoms with van der Waals surface area (Å²) < 4.78 is 4.59. The number of anilines is 1. The van der Waals surface area contributed by atoms with E-state index in [2.05, 4.69) is 15.3 Å². The van der Waals surface area contributed by atoms with Crippen LogP contribution in [0.15, 0.2) is 23.3 Å². The van der Waals surface area contributed by atoms with Crippen molar-refractivity contribution in [1.82, 2.24) is 0 Å². The molecule has 0 fully saturated rings. The Morgan fingerprint density at radius 3 is 2.90 bits per heavy atom. The molecule has 1 aromatic carbocycles. The molecule has 0 heterocycles. The first-order valence-corrected chi connectivity index (χ1v) is 5.72. The molecule has 1 N–H and O–H groups in total. The molecular formula is C11H9ClN4O4. The van der Waals surface area contributed by atoms with Crippen LogP contribution in [0.1, 0.15) is 12.5 Å². The number of carbonyl (C=O) groups excluding carboxylic acids is 1. The van der Waals surface area contributed by atoms with Crippen LogP contribution in [-0.2, 0) is 9.53 Å². The van der Waals surface area contributed by atoms with E-state index < -0.39 is 16.1 Å². The summed E-state index contributed by atoms with van der Waals surface area (Å²) in [5, 5.41) is 22.5. The smallest absolute Gasteiger partial charge is 0.370 e. The maximum absolute atomic E-state index is 11.2. The van der Waals surface area contributed by atoms with Gasteiger partial charge in [-0.3, -0.25) is 15.5 Å². The Morgan fingerprint density at radius 2 is 2.35 bits per heavy atom. The average molecular weight is 297 g/mol. The van der Waals surface area contributed by atoms with Crippen molar-refractivity contribution < 1.29 is 14.5 Å². The largest absolute Gasteiger partial charge is 0.461 e. The molecule has 0 radical (unpaired) electrons. The van der Waals surface area contributed by atoms with Gasteiger partial charge in [-0.2, -0.15) is 10.4 Å². The maximum Gasteiger partial charge on any atom is 0.370 e. The third-order valence-corrected chi connectivity index (χ3v) is 2.28. The molecule has 0 aliphatic heterocycles. The summed E-state index contributed by atoms with van der Waals surface area (Å²) in [6.45, 7) is 1.72. The number of esters is 1. The number of carbonyl (C=O) groups is 1. The number of nitrogens with zero attached hydrogens (tertiary/aromatic N) is 3. The lowest BCUT2D eigenvalue weighted by Gasteiger charge is -2.03. The van der Waals surface area contributed by atoms with Gasteiger partial charge in [-0.25, -0.2) is 4.79 Å². The second-order valence-electron chi connectivity index (χ2n) is 3.34. The number of nitro benzene ring substituents is 1. The molecule has 0 saturated heterocycles. The van der Waals surface area contributed by atoms with E-state index in [9.17, 15) is 14.9 Å². The number of hydrogen-bond acceptors (Lipinski definition) is 7. The quantitative estimate of drug-likeness (QED) is 0.384. The summed E-state index contributed by atoms with van der Waals surface area (Å²) in [5.74, 6) is -0.849. The molecule has 0 unspecified atom stereocenters. The Bertz CT molecular complexity index is 609. The predicted molar refractivity (Wildman–Crippen MR) is 71.4 cm³/mol. The van der Waals surface area contributed by atoms with Gasteiger partial charge in [-0.15, -0.1) is 0 Å². The lowest BCUT2D eigenvalue weighted by atomic mass is 10.2. The minimum atomic E-state index is -0.849. The fourth-order valence-electron chi connectivity index (χ4n) is 1.19. The van der Waals surface area contributed by atoms with Crippen LogP contribution in [0.4, 0.5) is 11.4 Å². The lowest BCUT2D eigenvalue weighted by Crippen LogP contribution is -2.13. The van der Waals surface area contributed by atoms with E-state index in [1.807, 2.05) is 0 Å². The summed E-state index contributed by atoms with van der Waals surface area (Å²) >= 11 is 5.54. The molecule has 0 amide bonds. The molecule has 0 spiro atoms. The molecule has 20 heavy (non-hydrogen) atoms. The second kappa shape index (κ2) is 7.06. The third kappa shape index (κ3) is 3.93. The first-order chi connectivity index (χ1) is 9.49. The number of ether oxygens (including phenoxy) is 1. The topological polar surface area (TPSA) is 118 Å². The highest BCUT2D eigenvalue weighted by Gasteiger charge is 2.15. The zero-order valence-electron chi connectivity index (χ0n) is 10.3. The molecule has 0 aromatic heterocycles. The van der Waals surface area contributed by atoms with Gasteiger partial charge >= 0.3 is 5.97 Å². The van der Waals surface area contributed by atoms with Crippen molar-refractivity contribution in [3.05, 3.63) is 33.9 Å². The fraction of sp³-hybridized carbons (Fsp3) is 0.182. The number of nitro groups is 1. The average Bonchev–Trinajstić information content (AvgIpc) is 2.44. The van der Waals surface area contributed by atoms with E-state index in [0.717, 1.165) is 6.07 Å². The van der Waals surface area contributed by atoms with Gasteiger partial charge in [-0.05, 0) is 19.1 Å². The first kappa shape index (κ1) is 15.4. The molecule has 1 aromatic rings. The Balaban J connectivity index is 2.98. The van der Waals surface area contributed by atoms with Gasteiger partial charge in [0.15, 0.2) is 0 Å². The Hall–Kier alpha value is -2.66. The molecule has 0 saturated carbocycles. The molecule has 8 nitrogen and oxygen atoms in total. The maximum atomic E-state index is 11.2. The summed E-state index contributed by atoms with van der Waals surface area (Å²) in [6, 6.07) is 5.51. The van der Waals surface area contributed by atoms with E-state index in [1.165, 1.54) is 12.1 Å². The van der Waals surface area contributed by atoms with Crippen molar-refractivity contribution in [2.75, 3.05) is 12.0 Å². The molecule has 0 atom stereocenters. The van der Waals surface area contributed by atoms with Crippen LogP contribution < -0.4 is 5.43 Å². The molecule has 0 bridgehead atoms. The van der Waals surface area contributed by atoms with Crippen LogP contribution in [0.25, 0.3) is 0 Å². The SMILES string of the molecule is CCOC(=O)/C(Cl)=N/Nc1ccc(C#N)cc1[N+](=O)[O-]. The normalized spacial score (nSPS) is 10.6. The van der Waals surface area contributed by atoms with Crippen LogP contribution in [-0.4, -0.2) is 22.7 Å². The monoisotopic (exact) mass is 296 g/mol. The van der Waals surface area contributed by atoms with E-state index >= 15 is 0 Å². The van der Waals surface area contributed by atoms with Crippen LogP contribution >= 0.6 is 11.6 Å². The number of benzene rings is 1. The van der Waals surface area contributed by atoms with Gasteiger partial charge in [0.1, 0.15) is 5.69 Å². The zero-order chi connectivity index (χ0) is 15.1. The van der Waals surface area contributed by atoms with E-state index in [-0.39, 0.29) is 23.5 Å². The summed E-state index contributed by atoms with van der Waals surface area (Å²) in [7, 11) is 0. The molecule has 104 valence electrons. The minimum Gasteiger partial charge on any atom is -0.461 e. The predicted octanol–water partition coefficient (Wildman–Crippen LogP) is 1.99. The highest BCUT2D eigenvalue weighted by molar-refractivity contribution is 6.82. The summed E-state index contributed by atoms with van der Waals surface area (Å²) in [5.41, 5.74) is 2.05. The van der Waals surface area contributed by atoms with Crippen molar-refractivity contribution in [1.29, 1.82) is 5.26 Å². The molecular weight excluding hydrogens is 288 g/mol.